The molecule has 0 atom stereocenters. The van der Waals surface area contributed by atoms with Crippen LogP contribution >= 0.6 is 0 Å². The van der Waals surface area contributed by atoms with Crippen molar-refractivity contribution >= 4 is 0 Å². The summed E-state index contributed by atoms with van der Waals surface area (Å²) in [5.74, 6) is 0. The van der Waals surface area contributed by atoms with Gasteiger partial charge in [-0.1, -0.05) is 26.2 Å². The quantitative estimate of drug-likeness (QED) is 0.648. The fraction of sp³-hybridized carbons (Fsp3) is 0.636. The van der Waals surface area contributed by atoms with Crippen LogP contribution in [0.15, 0.2) is 12.4 Å². The van der Waals surface area contributed by atoms with Gasteiger partial charge in [-0.3, -0.25) is 9.97 Å². The van der Waals surface area contributed by atoms with Crippen molar-refractivity contribution in [1.82, 2.24) is 9.97 Å². The summed E-state index contributed by atoms with van der Waals surface area (Å²) >= 11 is 0. The highest BCUT2D eigenvalue weighted by atomic mass is 14.8. The average molecular weight is 178 g/mol. The minimum atomic E-state index is 0.998. The first kappa shape index (κ1) is 10.2. The van der Waals surface area contributed by atoms with Gasteiger partial charge < -0.3 is 0 Å². The van der Waals surface area contributed by atoms with Crippen molar-refractivity contribution in [3.8, 4) is 0 Å². The first-order valence-corrected chi connectivity index (χ1v) is 5.10. The number of aryl methyl sites for hydroxylation is 2. The van der Waals surface area contributed by atoms with Gasteiger partial charge in [-0.05, 0) is 19.8 Å². The van der Waals surface area contributed by atoms with Crippen LogP contribution in [0, 0.1) is 6.92 Å². The molecule has 0 aliphatic carbocycles. The molecule has 0 fully saturated rings. The molecule has 0 amide bonds. The molecule has 2 heteroatoms. The van der Waals surface area contributed by atoms with E-state index in [2.05, 4.69) is 16.9 Å². The van der Waals surface area contributed by atoms with Crippen LogP contribution in [0.25, 0.3) is 0 Å². The zero-order valence-electron chi connectivity index (χ0n) is 8.58. The monoisotopic (exact) mass is 178 g/mol. The number of aromatic nitrogens is 2. The Kier molecular flexibility index (Phi) is 4.44. The van der Waals surface area contributed by atoms with Crippen LogP contribution in [0.1, 0.15) is 44.0 Å². The van der Waals surface area contributed by atoms with Gasteiger partial charge in [0.25, 0.3) is 0 Å². The molecule has 0 unspecified atom stereocenters. The lowest BCUT2D eigenvalue weighted by Gasteiger charge is -1.99. The maximum atomic E-state index is 4.31. The predicted octanol–water partition coefficient (Wildman–Crippen LogP) is 2.91. The summed E-state index contributed by atoms with van der Waals surface area (Å²) in [6, 6.07) is 0. The lowest BCUT2D eigenvalue weighted by atomic mass is 10.1. The van der Waals surface area contributed by atoms with Gasteiger partial charge in [-0.2, -0.15) is 0 Å². The maximum Gasteiger partial charge on any atom is 0.0586 e. The summed E-state index contributed by atoms with van der Waals surface area (Å²) < 4.78 is 0. The molecule has 0 aliphatic rings. The van der Waals surface area contributed by atoms with Crippen LogP contribution in [0.4, 0.5) is 0 Å². The normalized spacial score (nSPS) is 10.3. The summed E-state index contributed by atoms with van der Waals surface area (Å²) in [6.07, 6.45) is 9.99. The Labute approximate surface area is 80.4 Å². The van der Waals surface area contributed by atoms with E-state index < -0.39 is 0 Å². The number of nitrogens with zero attached hydrogens (tertiary/aromatic N) is 2. The van der Waals surface area contributed by atoms with E-state index in [0.29, 0.717) is 0 Å². The summed E-state index contributed by atoms with van der Waals surface area (Å²) in [5.41, 5.74) is 2.12. The van der Waals surface area contributed by atoms with E-state index in [1.54, 1.807) is 0 Å². The Morgan fingerprint density at radius 3 is 2.54 bits per heavy atom. The van der Waals surface area contributed by atoms with Gasteiger partial charge in [-0.15, -0.1) is 0 Å². The lowest BCUT2D eigenvalue weighted by Crippen LogP contribution is -1.92. The molecular weight excluding hydrogens is 160 g/mol. The van der Waals surface area contributed by atoms with Gasteiger partial charge >= 0.3 is 0 Å². The van der Waals surface area contributed by atoms with Crippen molar-refractivity contribution in [2.75, 3.05) is 0 Å². The maximum absolute atomic E-state index is 4.31. The summed E-state index contributed by atoms with van der Waals surface area (Å²) in [6.45, 7) is 4.19. The van der Waals surface area contributed by atoms with E-state index in [4.69, 9.17) is 0 Å². The molecule has 0 radical (unpaired) electrons. The molecule has 72 valence electrons. The Hall–Kier alpha value is -0.920. The number of hydrogen-bond acceptors (Lipinski definition) is 2. The second-order valence-electron chi connectivity index (χ2n) is 3.46. The average Bonchev–Trinajstić information content (AvgIpc) is 2.15. The molecule has 0 aliphatic heterocycles. The number of rotatable bonds is 5. The standard InChI is InChI=1S/C11H18N2/c1-3-4-5-6-7-11-9-12-10(2)8-13-11/h8-9H,3-7H2,1-2H3. The molecule has 2 nitrogen and oxygen atoms in total. The Morgan fingerprint density at radius 1 is 1.08 bits per heavy atom. The molecule has 0 spiro atoms. The molecule has 1 aromatic heterocycles. The SMILES string of the molecule is CCCCCCc1cnc(C)cn1. The molecule has 0 saturated heterocycles. The molecule has 0 aromatic carbocycles. The highest BCUT2D eigenvalue weighted by molar-refractivity contribution is 5.00. The Morgan fingerprint density at radius 2 is 1.92 bits per heavy atom. The smallest absolute Gasteiger partial charge is 0.0586 e. The van der Waals surface area contributed by atoms with Crippen LogP contribution in [-0.2, 0) is 6.42 Å². The highest BCUT2D eigenvalue weighted by Gasteiger charge is 1.94. The number of unbranched alkanes of at least 4 members (excludes halogenated alkanes) is 3. The van der Waals surface area contributed by atoms with E-state index >= 15 is 0 Å². The highest BCUT2D eigenvalue weighted by Crippen LogP contribution is 2.04. The fourth-order valence-corrected chi connectivity index (χ4v) is 1.28. The van der Waals surface area contributed by atoms with E-state index in [0.717, 1.165) is 17.8 Å². The van der Waals surface area contributed by atoms with Crippen LogP contribution in [-0.4, -0.2) is 9.97 Å². The minimum absolute atomic E-state index is 0.998. The first-order valence-electron chi connectivity index (χ1n) is 5.10. The van der Waals surface area contributed by atoms with Crippen molar-refractivity contribution < 1.29 is 0 Å². The minimum Gasteiger partial charge on any atom is -0.258 e. The first-order chi connectivity index (χ1) is 6.33. The fourth-order valence-electron chi connectivity index (χ4n) is 1.28. The molecule has 0 N–H and O–H groups in total. The number of hydrogen-bond donors (Lipinski definition) is 0. The molecular formula is C11H18N2. The van der Waals surface area contributed by atoms with Crippen LogP contribution < -0.4 is 0 Å². The van der Waals surface area contributed by atoms with Crippen molar-refractivity contribution in [1.29, 1.82) is 0 Å². The van der Waals surface area contributed by atoms with Gasteiger partial charge in [0, 0.05) is 12.4 Å². The largest absolute Gasteiger partial charge is 0.258 e. The van der Waals surface area contributed by atoms with Crippen LogP contribution in [0.3, 0.4) is 0 Å². The molecule has 0 saturated carbocycles. The summed E-state index contributed by atoms with van der Waals surface area (Å²) in [7, 11) is 0. The van der Waals surface area contributed by atoms with Crippen molar-refractivity contribution in [3.05, 3.63) is 23.8 Å². The molecule has 1 aromatic rings. The molecule has 1 heterocycles. The van der Waals surface area contributed by atoms with Gasteiger partial charge in [0.15, 0.2) is 0 Å². The molecule has 13 heavy (non-hydrogen) atoms. The van der Waals surface area contributed by atoms with Gasteiger partial charge in [0.1, 0.15) is 0 Å². The van der Waals surface area contributed by atoms with E-state index in [9.17, 15) is 0 Å². The lowest BCUT2D eigenvalue weighted by molar-refractivity contribution is 0.659. The Bertz CT molecular complexity index is 228. The zero-order chi connectivity index (χ0) is 9.52. The van der Waals surface area contributed by atoms with Crippen molar-refractivity contribution in [2.45, 2.75) is 46.0 Å². The van der Waals surface area contributed by atoms with Gasteiger partial charge in [-0.25, -0.2) is 0 Å². The van der Waals surface area contributed by atoms with Crippen molar-refractivity contribution in [3.63, 3.8) is 0 Å². The third-order valence-corrected chi connectivity index (χ3v) is 2.12. The van der Waals surface area contributed by atoms with E-state index in [-0.39, 0.29) is 0 Å². The van der Waals surface area contributed by atoms with Crippen LogP contribution in [0.5, 0.6) is 0 Å². The second kappa shape index (κ2) is 5.68. The third-order valence-electron chi connectivity index (χ3n) is 2.12. The van der Waals surface area contributed by atoms with Crippen molar-refractivity contribution in [2.24, 2.45) is 0 Å². The summed E-state index contributed by atoms with van der Waals surface area (Å²) in [4.78, 5) is 8.53. The van der Waals surface area contributed by atoms with E-state index in [1.165, 1.54) is 25.7 Å². The molecule has 1 rings (SSSR count). The van der Waals surface area contributed by atoms with Gasteiger partial charge in [0.2, 0.25) is 0 Å². The molecule has 0 bridgehead atoms. The van der Waals surface area contributed by atoms with Gasteiger partial charge in [0.05, 0.1) is 11.4 Å². The zero-order valence-corrected chi connectivity index (χ0v) is 8.58. The Balaban J connectivity index is 2.25. The topological polar surface area (TPSA) is 25.8 Å². The van der Waals surface area contributed by atoms with E-state index in [1.807, 2.05) is 19.3 Å². The summed E-state index contributed by atoms with van der Waals surface area (Å²) in [5, 5.41) is 0. The second-order valence-corrected chi connectivity index (χ2v) is 3.46. The third kappa shape index (κ3) is 4.02. The predicted molar refractivity (Wildman–Crippen MR) is 54.6 cm³/mol. The van der Waals surface area contributed by atoms with Crippen LogP contribution in [0.2, 0.25) is 0 Å².